The molecule has 45 heavy (non-hydrogen) atoms. The highest BCUT2D eigenvalue weighted by Crippen LogP contribution is 2.32. The second-order valence-electron chi connectivity index (χ2n) is 12.3. The van der Waals surface area contributed by atoms with E-state index in [1.165, 1.54) is 0 Å². The van der Waals surface area contributed by atoms with E-state index < -0.39 is 44.0 Å². The molecule has 266 valence electrons. The van der Waals surface area contributed by atoms with Crippen LogP contribution in [0.1, 0.15) is 19.3 Å². The van der Waals surface area contributed by atoms with Crippen molar-refractivity contribution in [2.24, 2.45) is 0 Å². The summed E-state index contributed by atoms with van der Waals surface area (Å²) in [6.07, 6.45) is 2.76. The summed E-state index contributed by atoms with van der Waals surface area (Å²) in [7, 11) is -7.76. The van der Waals surface area contributed by atoms with Crippen molar-refractivity contribution in [1.29, 1.82) is 0 Å². The van der Waals surface area contributed by atoms with Crippen molar-refractivity contribution < 1.29 is 62.6 Å². The Morgan fingerprint density at radius 3 is 1.47 bits per heavy atom. The summed E-state index contributed by atoms with van der Waals surface area (Å²) in [5.41, 5.74) is 0. The molecule has 3 heterocycles. The molecule has 0 N–H and O–H groups in total. The molecule has 0 radical (unpaired) electrons. The molecule has 0 bridgehead atoms. The van der Waals surface area contributed by atoms with E-state index in [4.69, 9.17) is 62.6 Å². The first-order chi connectivity index (χ1) is 21.5. The van der Waals surface area contributed by atoms with Gasteiger partial charge >= 0.3 is 44.0 Å². The minimum atomic E-state index is -3.47. The van der Waals surface area contributed by atoms with Gasteiger partial charge in [0.25, 0.3) is 0 Å². The first kappa shape index (κ1) is 40.0. The van der Waals surface area contributed by atoms with Crippen LogP contribution in [0.25, 0.3) is 0 Å². The van der Waals surface area contributed by atoms with Gasteiger partial charge in [0.2, 0.25) is 0 Å². The van der Waals surface area contributed by atoms with Crippen LogP contribution in [0.2, 0.25) is 44.3 Å². The van der Waals surface area contributed by atoms with Crippen molar-refractivity contribution in [1.82, 2.24) is 0 Å². The summed E-state index contributed by atoms with van der Waals surface area (Å²) in [6, 6.07) is 1.74. The van der Waals surface area contributed by atoms with E-state index >= 15 is 0 Å². The van der Waals surface area contributed by atoms with E-state index in [-0.39, 0.29) is 18.3 Å². The number of hydrogen-bond donors (Lipinski definition) is 0. The fourth-order valence-corrected chi connectivity index (χ4v) is 24.1. The zero-order valence-corrected chi connectivity index (χ0v) is 33.8. The molecule has 6 unspecified atom stereocenters. The molecule has 6 atom stereocenters. The molecule has 0 aromatic heterocycles. The summed E-state index contributed by atoms with van der Waals surface area (Å²) in [5.74, 6) is 0. The Bertz CT molecular complexity index is 823. The minimum absolute atomic E-state index is 0.196. The number of epoxide rings is 3. The van der Waals surface area contributed by atoms with E-state index in [2.05, 4.69) is 0 Å². The summed E-state index contributed by atoms with van der Waals surface area (Å²) >= 11 is 0. The highest BCUT2D eigenvalue weighted by molar-refractivity contribution is 6.86. The van der Waals surface area contributed by atoms with Gasteiger partial charge in [0.15, 0.2) is 0 Å². The average molecular weight is 735 g/mol. The summed E-state index contributed by atoms with van der Waals surface area (Å²) in [6.45, 7) is 13.7. The van der Waals surface area contributed by atoms with Crippen LogP contribution < -0.4 is 0 Å². The molecule has 3 aliphatic rings. The standard InChI is InChI=1S/C26H58O14Si5/c1-27-41(15-9-12-31-18-24-21-34-24)37-44(29-3,16-10-13-32-19-25-22-35-25)40-45(30-4,17-11-14-33-20-26-23-36-26)39-43(7,8)38-42(5,6)28-2/h24-26,41H,9-23H2,1-8H3. The Morgan fingerprint density at radius 1 is 0.578 bits per heavy atom. The zero-order chi connectivity index (χ0) is 32.8. The van der Waals surface area contributed by atoms with E-state index in [9.17, 15) is 0 Å². The third-order valence-corrected chi connectivity index (χ3v) is 25.0. The lowest BCUT2D eigenvalue weighted by Crippen LogP contribution is -2.64. The second kappa shape index (κ2) is 19.6. The Labute approximate surface area is 275 Å². The van der Waals surface area contributed by atoms with Crippen LogP contribution in [0.5, 0.6) is 0 Å². The molecular formula is C26H58O14Si5. The zero-order valence-electron chi connectivity index (χ0n) is 28.6. The van der Waals surface area contributed by atoms with E-state index in [0.29, 0.717) is 64.6 Å². The van der Waals surface area contributed by atoms with Gasteiger partial charge < -0.3 is 62.6 Å². The van der Waals surface area contributed by atoms with Gasteiger partial charge in [-0.25, -0.2) is 0 Å². The Hall–Kier alpha value is 0.524. The molecule has 0 aromatic rings. The maximum absolute atomic E-state index is 7.05. The van der Waals surface area contributed by atoms with Crippen molar-refractivity contribution in [2.75, 3.05) is 87.9 Å². The van der Waals surface area contributed by atoms with Gasteiger partial charge in [-0.15, -0.1) is 0 Å². The van der Waals surface area contributed by atoms with Gasteiger partial charge in [0.05, 0.1) is 39.6 Å². The van der Waals surface area contributed by atoms with Gasteiger partial charge in [-0.2, -0.15) is 0 Å². The smallest absolute Gasteiger partial charge is 0.415 e. The molecule has 14 nitrogen and oxygen atoms in total. The Morgan fingerprint density at radius 2 is 1.04 bits per heavy atom. The normalized spacial score (nSPS) is 24.7. The summed E-state index contributed by atoms with van der Waals surface area (Å²) in [5, 5.41) is 0. The van der Waals surface area contributed by atoms with Crippen LogP contribution in [0.15, 0.2) is 0 Å². The van der Waals surface area contributed by atoms with Gasteiger partial charge in [-0.3, -0.25) is 0 Å². The highest BCUT2D eigenvalue weighted by atomic mass is 28.5. The lowest BCUT2D eigenvalue weighted by Gasteiger charge is -2.43. The van der Waals surface area contributed by atoms with Crippen molar-refractivity contribution >= 4 is 44.0 Å². The fourth-order valence-electron chi connectivity index (χ4n) is 4.60. The predicted molar refractivity (Wildman–Crippen MR) is 176 cm³/mol. The summed E-state index contributed by atoms with van der Waals surface area (Å²) < 4.78 is 84.6. The molecular weight excluding hydrogens is 677 g/mol. The first-order valence-corrected chi connectivity index (χ1v) is 27.3. The monoisotopic (exact) mass is 734 g/mol. The molecule has 3 saturated heterocycles. The van der Waals surface area contributed by atoms with Crippen LogP contribution in [-0.2, 0) is 62.6 Å². The lowest BCUT2D eigenvalue weighted by molar-refractivity contribution is 0.0905. The maximum Gasteiger partial charge on any atom is 0.484 e. The van der Waals surface area contributed by atoms with Gasteiger partial charge in [-0.1, -0.05) is 0 Å². The molecule has 0 spiro atoms. The van der Waals surface area contributed by atoms with Crippen molar-refractivity contribution in [2.45, 2.75) is 81.9 Å². The Balaban J connectivity index is 1.74. The molecule has 0 saturated carbocycles. The maximum atomic E-state index is 7.05. The molecule has 3 fully saturated rings. The van der Waals surface area contributed by atoms with Crippen LogP contribution >= 0.6 is 0 Å². The van der Waals surface area contributed by atoms with Gasteiger partial charge in [0.1, 0.15) is 18.3 Å². The van der Waals surface area contributed by atoms with Crippen LogP contribution in [0.3, 0.4) is 0 Å². The molecule has 3 aliphatic heterocycles. The number of hydrogen-bond acceptors (Lipinski definition) is 14. The van der Waals surface area contributed by atoms with E-state index in [1.807, 2.05) is 26.2 Å². The fraction of sp³-hybridized carbons (Fsp3) is 1.00. The highest BCUT2D eigenvalue weighted by Gasteiger charge is 2.56. The Kier molecular flexibility index (Phi) is 17.4. The third-order valence-electron chi connectivity index (χ3n) is 7.28. The van der Waals surface area contributed by atoms with E-state index in [0.717, 1.165) is 32.3 Å². The third kappa shape index (κ3) is 16.7. The second-order valence-corrected chi connectivity index (χ2v) is 28.2. The molecule has 3 rings (SSSR count). The minimum Gasteiger partial charge on any atom is -0.415 e. The molecule has 0 aliphatic carbocycles. The lowest BCUT2D eigenvalue weighted by atomic mass is 10.5. The number of rotatable bonds is 30. The quantitative estimate of drug-likeness (QED) is 0.0607. The largest absolute Gasteiger partial charge is 0.484 e. The molecule has 0 aromatic carbocycles. The average Bonchev–Trinajstić information content (AvgIpc) is 3.84. The first-order valence-electron chi connectivity index (χ1n) is 16.0. The van der Waals surface area contributed by atoms with Crippen LogP contribution in [0, 0.1) is 0 Å². The van der Waals surface area contributed by atoms with Crippen molar-refractivity contribution in [3.05, 3.63) is 0 Å². The molecule has 0 amide bonds. The van der Waals surface area contributed by atoms with Crippen molar-refractivity contribution in [3.63, 3.8) is 0 Å². The van der Waals surface area contributed by atoms with Crippen molar-refractivity contribution in [3.8, 4) is 0 Å². The van der Waals surface area contributed by atoms with Gasteiger partial charge in [0, 0.05) is 60.3 Å². The number of ether oxygens (including phenoxy) is 6. The molecule has 19 heteroatoms. The summed E-state index contributed by atoms with van der Waals surface area (Å²) in [4.78, 5) is 0. The van der Waals surface area contributed by atoms with E-state index in [1.54, 1.807) is 28.4 Å². The predicted octanol–water partition coefficient (Wildman–Crippen LogP) is 2.56. The topological polar surface area (TPSA) is 139 Å². The van der Waals surface area contributed by atoms with Gasteiger partial charge in [-0.05, 0) is 51.5 Å². The van der Waals surface area contributed by atoms with Crippen LogP contribution in [0.4, 0.5) is 0 Å². The SMILES string of the molecule is CO[SiH](CCCOCC1CO1)O[Si](CCCOCC1CO1)(OC)O[Si](CCCOCC1CO1)(OC)O[Si](C)(C)O[Si](C)(C)OC. The van der Waals surface area contributed by atoms with Crippen LogP contribution in [-0.4, -0.2) is 150 Å².